The van der Waals surface area contributed by atoms with E-state index < -0.39 is 0 Å². The number of nitrogens with zero attached hydrogens (tertiary/aromatic N) is 5. The van der Waals surface area contributed by atoms with Gasteiger partial charge in [-0.25, -0.2) is 0 Å². The van der Waals surface area contributed by atoms with E-state index in [1.807, 2.05) is 42.6 Å². The molecule has 182 valence electrons. The summed E-state index contributed by atoms with van der Waals surface area (Å²) in [6.07, 6.45) is 0. The van der Waals surface area contributed by atoms with E-state index in [-0.39, 0.29) is 24.1 Å². The van der Waals surface area contributed by atoms with Gasteiger partial charge in [0, 0.05) is 0 Å². The summed E-state index contributed by atoms with van der Waals surface area (Å²) in [5.74, 6) is 1.66. The van der Waals surface area contributed by atoms with E-state index in [0.29, 0.717) is 32.4 Å². The zero-order chi connectivity index (χ0) is 24.6. The minimum Gasteiger partial charge on any atom is -0.495 e. The average molecular weight is 548 g/mol. The summed E-state index contributed by atoms with van der Waals surface area (Å²) >= 11 is 5.49. The normalized spacial score (nSPS) is 10.8. The fourth-order valence-corrected chi connectivity index (χ4v) is 6.02. The minimum atomic E-state index is -0.235. The molecule has 0 atom stereocenters. The van der Waals surface area contributed by atoms with Gasteiger partial charge in [0.15, 0.2) is 15.3 Å². The van der Waals surface area contributed by atoms with Crippen molar-refractivity contribution < 1.29 is 14.3 Å². The first-order valence-electron chi connectivity index (χ1n) is 10.4. The minimum absolute atomic E-state index is 0.0880. The van der Waals surface area contributed by atoms with Crippen LogP contribution in [0.5, 0.6) is 5.75 Å². The zero-order valence-electron chi connectivity index (χ0n) is 18.8. The van der Waals surface area contributed by atoms with Crippen LogP contribution in [-0.2, 0) is 11.3 Å². The SMILES string of the molecule is CCSc1nnc(NC(=O)CSc2nnc(CNC(=O)c3cccs3)n2-c2ccccc2OC)s1. The Morgan fingerprint density at radius 2 is 1.94 bits per heavy atom. The molecule has 0 saturated heterocycles. The van der Waals surface area contributed by atoms with Crippen LogP contribution in [0.3, 0.4) is 0 Å². The molecule has 14 heteroatoms. The zero-order valence-corrected chi connectivity index (χ0v) is 22.0. The molecular weight excluding hydrogens is 527 g/mol. The lowest BCUT2D eigenvalue weighted by atomic mass is 10.3. The van der Waals surface area contributed by atoms with Crippen LogP contribution in [0.2, 0.25) is 0 Å². The number of hydrogen-bond donors (Lipinski definition) is 2. The number of nitrogens with one attached hydrogen (secondary N) is 2. The first-order valence-corrected chi connectivity index (χ1v) is 14.0. The highest BCUT2D eigenvalue weighted by Gasteiger charge is 2.20. The number of methoxy groups -OCH3 is 1. The largest absolute Gasteiger partial charge is 0.495 e. The molecule has 0 fully saturated rings. The number of para-hydroxylation sites is 2. The molecule has 0 aliphatic heterocycles. The number of anilines is 1. The van der Waals surface area contributed by atoms with Crippen molar-refractivity contribution in [2.75, 3.05) is 23.9 Å². The Morgan fingerprint density at radius 1 is 1.09 bits per heavy atom. The van der Waals surface area contributed by atoms with Crippen molar-refractivity contribution in [3.63, 3.8) is 0 Å². The summed E-state index contributed by atoms with van der Waals surface area (Å²) in [5, 5.41) is 25.0. The van der Waals surface area contributed by atoms with E-state index in [1.54, 1.807) is 29.5 Å². The molecule has 35 heavy (non-hydrogen) atoms. The predicted molar refractivity (Wildman–Crippen MR) is 139 cm³/mol. The fourth-order valence-electron chi connectivity index (χ4n) is 2.95. The smallest absolute Gasteiger partial charge is 0.261 e. The molecular formula is C21H21N7O3S4. The Morgan fingerprint density at radius 3 is 2.71 bits per heavy atom. The number of ether oxygens (including phenoxy) is 1. The van der Waals surface area contributed by atoms with Crippen molar-refractivity contribution >= 4 is 63.1 Å². The molecule has 0 aliphatic rings. The van der Waals surface area contributed by atoms with Gasteiger partial charge in [0.25, 0.3) is 5.91 Å². The number of amides is 2. The Bertz CT molecular complexity index is 1290. The predicted octanol–water partition coefficient (Wildman–Crippen LogP) is 3.96. The van der Waals surface area contributed by atoms with Gasteiger partial charge in [-0.05, 0) is 29.3 Å². The van der Waals surface area contributed by atoms with Gasteiger partial charge in [0.1, 0.15) is 5.75 Å². The third kappa shape index (κ3) is 6.39. The number of thiophene rings is 1. The molecule has 0 radical (unpaired) electrons. The summed E-state index contributed by atoms with van der Waals surface area (Å²) < 4.78 is 8.11. The highest BCUT2D eigenvalue weighted by Crippen LogP contribution is 2.29. The molecule has 0 bridgehead atoms. The van der Waals surface area contributed by atoms with Crippen LogP contribution in [0.25, 0.3) is 5.69 Å². The molecule has 4 aromatic rings. The Hall–Kier alpha value is -2.94. The van der Waals surface area contributed by atoms with Crippen LogP contribution in [0, 0.1) is 0 Å². The molecule has 10 nitrogen and oxygen atoms in total. The number of hydrogen-bond acceptors (Lipinski definition) is 11. The van der Waals surface area contributed by atoms with Crippen LogP contribution in [0.15, 0.2) is 51.3 Å². The topological polar surface area (TPSA) is 124 Å². The van der Waals surface area contributed by atoms with Gasteiger partial charge >= 0.3 is 0 Å². The van der Waals surface area contributed by atoms with Gasteiger partial charge in [-0.3, -0.25) is 19.5 Å². The summed E-state index contributed by atoms with van der Waals surface area (Å²) in [6, 6.07) is 11.0. The second-order valence-electron chi connectivity index (χ2n) is 6.71. The monoisotopic (exact) mass is 547 g/mol. The molecule has 0 spiro atoms. The molecule has 2 N–H and O–H groups in total. The molecule has 3 heterocycles. The second kappa shape index (κ2) is 12.2. The summed E-state index contributed by atoms with van der Waals surface area (Å²) in [7, 11) is 1.58. The van der Waals surface area contributed by atoms with Gasteiger partial charge < -0.3 is 10.1 Å². The number of benzene rings is 1. The van der Waals surface area contributed by atoms with E-state index in [1.165, 1.54) is 34.4 Å². The quantitative estimate of drug-likeness (QED) is 0.212. The van der Waals surface area contributed by atoms with Gasteiger partial charge in [-0.1, -0.05) is 60.0 Å². The Kier molecular flexibility index (Phi) is 8.74. The second-order valence-corrected chi connectivity index (χ2v) is 11.1. The maximum Gasteiger partial charge on any atom is 0.261 e. The first kappa shape index (κ1) is 25.2. The van der Waals surface area contributed by atoms with Gasteiger partial charge in [0.05, 0.1) is 30.0 Å². The van der Waals surface area contributed by atoms with Crippen molar-refractivity contribution in [3.05, 3.63) is 52.5 Å². The summed E-state index contributed by atoms with van der Waals surface area (Å²) in [4.78, 5) is 25.6. The standard InChI is InChI=1S/C21H21N7O3S4/c1-3-32-21-27-25-19(35-21)23-17(29)12-34-20-26-24-16(11-22-18(30)15-9-6-10-33-15)28(20)13-7-4-5-8-14(13)31-2/h4-10H,3,11-12H2,1-2H3,(H,22,30)(H,23,25,29). The van der Waals surface area contributed by atoms with Crippen LogP contribution < -0.4 is 15.4 Å². The van der Waals surface area contributed by atoms with Crippen LogP contribution in [-0.4, -0.2) is 55.4 Å². The lowest BCUT2D eigenvalue weighted by Crippen LogP contribution is -2.24. The Labute approximate surface area is 217 Å². The fraction of sp³-hybridized carbons (Fsp3) is 0.238. The number of carbonyl (C=O) groups excluding carboxylic acids is 2. The van der Waals surface area contributed by atoms with Gasteiger partial charge in [-0.15, -0.1) is 31.7 Å². The highest BCUT2D eigenvalue weighted by molar-refractivity contribution is 8.01. The van der Waals surface area contributed by atoms with Crippen molar-refractivity contribution in [1.82, 2.24) is 30.3 Å². The van der Waals surface area contributed by atoms with E-state index >= 15 is 0 Å². The average Bonchev–Trinajstić information content (AvgIpc) is 3.63. The number of aromatic nitrogens is 5. The van der Waals surface area contributed by atoms with Gasteiger partial charge in [0.2, 0.25) is 11.0 Å². The number of rotatable bonds is 11. The lowest BCUT2D eigenvalue weighted by molar-refractivity contribution is -0.113. The van der Waals surface area contributed by atoms with Crippen LogP contribution in [0.1, 0.15) is 22.4 Å². The summed E-state index contributed by atoms with van der Waals surface area (Å²) in [5.41, 5.74) is 0.702. The van der Waals surface area contributed by atoms with Crippen molar-refractivity contribution in [3.8, 4) is 11.4 Å². The van der Waals surface area contributed by atoms with Crippen molar-refractivity contribution in [2.24, 2.45) is 0 Å². The first-order chi connectivity index (χ1) is 17.1. The number of carbonyl (C=O) groups is 2. The molecule has 2 amide bonds. The van der Waals surface area contributed by atoms with E-state index in [2.05, 4.69) is 31.0 Å². The van der Waals surface area contributed by atoms with Crippen molar-refractivity contribution in [1.29, 1.82) is 0 Å². The van der Waals surface area contributed by atoms with E-state index in [0.717, 1.165) is 10.1 Å². The molecule has 0 saturated carbocycles. The van der Waals surface area contributed by atoms with Crippen molar-refractivity contribution in [2.45, 2.75) is 23.0 Å². The lowest BCUT2D eigenvalue weighted by Gasteiger charge is -2.14. The molecule has 4 rings (SSSR count). The molecule has 1 aromatic carbocycles. The molecule has 3 aromatic heterocycles. The number of thioether (sulfide) groups is 2. The van der Waals surface area contributed by atoms with E-state index in [9.17, 15) is 9.59 Å². The van der Waals surface area contributed by atoms with E-state index in [4.69, 9.17) is 4.74 Å². The maximum absolute atomic E-state index is 12.5. The third-order valence-electron chi connectivity index (χ3n) is 4.43. The molecule has 0 aliphatic carbocycles. The Balaban J connectivity index is 1.50. The highest BCUT2D eigenvalue weighted by atomic mass is 32.2. The summed E-state index contributed by atoms with van der Waals surface area (Å²) in [6.45, 7) is 2.18. The van der Waals surface area contributed by atoms with Crippen LogP contribution >= 0.6 is 46.2 Å². The maximum atomic E-state index is 12.5. The molecule has 0 unspecified atom stereocenters. The third-order valence-corrected chi connectivity index (χ3v) is 8.08. The van der Waals surface area contributed by atoms with Crippen LogP contribution in [0.4, 0.5) is 5.13 Å². The van der Waals surface area contributed by atoms with Gasteiger partial charge in [-0.2, -0.15) is 0 Å².